The summed E-state index contributed by atoms with van der Waals surface area (Å²) < 4.78 is 7.43. The van der Waals surface area contributed by atoms with Crippen molar-refractivity contribution in [2.24, 2.45) is 0 Å². The number of hydrogen-bond donors (Lipinski definition) is 1. The van der Waals surface area contributed by atoms with Crippen LogP contribution < -0.4 is 5.32 Å². The van der Waals surface area contributed by atoms with Gasteiger partial charge < -0.3 is 19.5 Å². The number of esters is 1. The van der Waals surface area contributed by atoms with E-state index in [0.29, 0.717) is 13.2 Å². The van der Waals surface area contributed by atoms with E-state index in [1.807, 2.05) is 35.2 Å². The van der Waals surface area contributed by atoms with E-state index in [0.717, 1.165) is 24.9 Å². The molecule has 0 fully saturated rings. The number of aryl methyl sites for hydroxylation is 1. The summed E-state index contributed by atoms with van der Waals surface area (Å²) in [6.45, 7) is 7.80. The predicted octanol–water partition coefficient (Wildman–Crippen LogP) is 4.36. The lowest BCUT2D eigenvalue weighted by atomic mass is 10.0. The number of hydrogen-bond acceptors (Lipinski definition) is 3. The summed E-state index contributed by atoms with van der Waals surface area (Å²) in [4.78, 5) is 27.3. The van der Waals surface area contributed by atoms with Crippen LogP contribution in [0.2, 0.25) is 0 Å². The molecule has 29 heavy (non-hydrogen) atoms. The number of carbonyl (C=O) groups is 2. The maximum atomic E-state index is 13.3. The molecule has 2 aromatic rings. The van der Waals surface area contributed by atoms with Crippen molar-refractivity contribution in [3.8, 4) is 0 Å². The van der Waals surface area contributed by atoms with Crippen molar-refractivity contribution >= 4 is 12.0 Å². The zero-order valence-corrected chi connectivity index (χ0v) is 17.6. The van der Waals surface area contributed by atoms with Crippen molar-refractivity contribution in [2.45, 2.75) is 58.7 Å². The second-order valence-electron chi connectivity index (χ2n) is 7.47. The number of fused-ring (bicyclic) bond motifs is 1. The molecule has 0 radical (unpaired) electrons. The number of urea groups is 1. The number of amides is 2. The fourth-order valence-electron chi connectivity index (χ4n) is 4.09. The summed E-state index contributed by atoms with van der Waals surface area (Å²) in [6.07, 6.45) is 2.01. The summed E-state index contributed by atoms with van der Waals surface area (Å²) in [7, 11) is 0. The number of aromatic nitrogens is 1. The third kappa shape index (κ3) is 4.81. The fraction of sp³-hybridized carbons (Fsp3) is 0.478. The molecule has 3 rings (SSSR count). The number of nitrogens with one attached hydrogen (secondary N) is 1. The Balaban J connectivity index is 1.80. The van der Waals surface area contributed by atoms with Crippen LogP contribution in [0.15, 0.2) is 42.5 Å². The molecule has 1 aromatic carbocycles. The van der Waals surface area contributed by atoms with Crippen LogP contribution in [-0.2, 0) is 16.1 Å². The van der Waals surface area contributed by atoms with Gasteiger partial charge in [-0.2, -0.15) is 0 Å². The molecule has 0 spiro atoms. The third-order valence-corrected chi connectivity index (χ3v) is 5.51. The van der Waals surface area contributed by atoms with E-state index >= 15 is 0 Å². The van der Waals surface area contributed by atoms with Crippen molar-refractivity contribution < 1.29 is 14.3 Å². The topological polar surface area (TPSA) is 63.6 Å². The number of ether oxygens (including phenoxy) is 1. The van der Waals surface area contributed by atoms with Crippen LogP contribution >= 0.6 is 0 Å². The lowest BCUT2D eigenvalue weighted by Gasteiger charge is -2.38. The zero-order chi connectivity index (χ0) is 20.8. The first-order chi connectivity index (χ1) is 14.0. The first-order valence-electron chi connectivity index (χ1n) is 10.5. The molecule has 1 aromatic heterocycles. The van der Waals surface area contributed by atoms with Gasteiger partial charge in [0.25, 0.3) is 0 Å². The molecule has 156 valence electrons. The summed E-state index contributed by atoms with van der Waals surface area (Å²) in [6, 6.07) is 13.3. The molecule has 2 heterocycles. The Kier molecular flexibility index (Phi) is 6.96. The standard InChI is InChI=1S/C23H31N3O3/c1-4-9-20-21-13-12-17(3)25(21)14-15-26(20)23(28)24-19(16-22(27)29-5-2)18-10-7-6-8-11-18/h6-8,10-13,19-20H,4-5,9,14-16H2,1-3H3,(H,24,28). The summed E-state index contributed by atoms with van der Waals surface area (Å²) in [5.41, 5.74) is 3.32. The van der Waals surface area contributed by atoms with Crippen molar-refractivity contribution in [1.29, 1.82) is 0 Å². The van der Waals surface area contributed by atoms with Crippen LogP contribution in [0.4, 0.5) is 4.79 Å². The molecule has 1 N–H and O–H groups in total. The largest absolute Gasteiger partial charge is 0.466 e. The maximum absolute atomic E-state index is 13.3. The Labute approximate surface area is 172 Å². The van der Waals surface area contributed by atoms with Crippen LogP contribution in [-0.4, -0.2) is 34.6 Å². The van der Waals surface area contributed by atoms with Gasteiger partial charge in [0.05, 0.1) is 25.1 Å². The van der Waals surface area contributed by atoms with Gasteiger partial charge in [-0.1, -0.05) is 43.7 Å². The highest BCUT2D eigenvalue weighted by Gasteiger charge is 2.32. The lowest BCUT2D eigenvalue weighted by Crippen LogP contribution is -2.48. The number of benzene rings is 1. The predicted molar refractivity (Wildman–Crippen MR) is 112 cm³/mol. The molecule has 2 amide bonds. The first-order valence-corrected chi connectivity index (χ1v) is 10.5. The summed E-state index contributed by atoms with van der Waals surface area (Å²) >= 11 is 0. The van der Waals surface area contributed by atoms with Crippen LogP contribution in [0.25, 0.3) is 0 Å². The van der Waals surface area contributed by atoms with E-state index in [9.17, 15) is 9.59 Å². The zero-order valence-electron chi connectivity index (χ0n) is 17.6. The molecule has 2 unspecified atom stereocenters. The van der Waals surface area contributed by atoms with Gasteiger partial charge in [0.2, 0.25) is 0 Å². The van der Waals surface area contributed by atoms with E-state index in [1.54, 1.807) is 6.92 Å². The normalized spacial score (nSPS) is 16.8. The fourth-order valence-corrected chi connectivity index (χ4v) is 4.09. The van der Waals surface area contributed by atoms with Crippen LogP contribution in [0.1, 0.15) is 62.1 Å². The van der Waals surface area contributed by atoms with Crippen LogP contribution in [0, 0.1) is 6.92 Å². The Morgan fingerprint density at radius 2 is 1.90 bits per heavy atom. The second kappa shape index (κ2) is 9.63. The van der Waals surface area contributed by atoms with Crippen LogP contribution in [0.5, 0.6) is 0 Å². The Hall–Kier alpha value is -2.76. The van der Waals surface area contributed by atoms with Crippen molar-refractivity contribution in [3.63, 3.8) is 0 Å². The van der Waals surface area contributed by atoms with E-state index in [-0.39, 0.29) is 24.5 Å². The molecular weight excluding hydrogens is 366 g/mol. The average molecular weight is 398 g/mol. The van der Waals surface area contributed by atoms with Crippen molar-refractivity contribution in [1.82, 2.24) is 14.8 Å². The monoisotopic (exact) mass is 397 g/mol. The van der Waals surface area contributed by atoms with Gasteiger partial charge in [0.1, 0.15) is 0 Å². The van der Waals surface area contributed by atoms with Gasteiger partial charge in [-0.05, 0) is 38.0 Å². The van der Waals surface area contributed by atoms with Gasteiger partial charge in [0, 0.05) is 24.5 Å². The molecule has 0 saturated carbocycles. The van der Waals surface area contributed by atoms with Gasteiger partial charge in [-0.15, -0.1) is 0 Å². The van der Waals surface area contributed by atoms with Gasteiger partial charge in [-0.25, -0.2) is 4.79 Å². The van der Waals surface area contributed by atoms with Crippen molar-refractivity contribution in [2.75, 3.05) is 13.2 Å². The quantitative estimate of drug-likeness (QED) is 0.706. The summed E-state index contributed by atoms with van der Waals surface area (Å²) in [5.74, 6) is -0.310. The molecule has 6 nitrogen and oxygen atoms in total. The van der Waals surface area contributed by atoms with Gasteiger partial charge in [0.15, 0.2) is 0 Å². The van der Waals surface area contributed by atoms with Gasteiger partial charge in [-0.3, -0.25) is 4.79 Å². The Morgan fingerprint density at radius 3 is 2.59 bits per heavy atom. The molecule has 1 aliphatic heterocycles. The minimum absolute atomic E-state index is 0.0430. The third-order valence-electron chi connectivity index (χ3n) is 5.51. The second-order valence-corrected chi connectivity index (χ2v) is 7.47. The highest BCUT2D eigenvalue weighted by atomic mass is 16.5. The maximum Gasteiger partial charge on any atom is 0.318 e. The molecule has 6 heteroatoms. The molecule has 1 aliphatic rings. The first kappa shape index (κ1) is 21.0. The van der Waals surface area contributed by atoms with E-state index in [1.165, 1.54) is 11.4 Å². The van der Waals surface area contributed by atoms with E-state index < -0.39 is 6.04 Å². The van der Waals surface area contributed by atoms with Crippen LogP contribution in [0.3, 0.4) is 0 Å². The average Bonchev–Trinajstić information content (AvgIpc) is 3.10. The number of nitrogens with zero attached hydrogens (tertiary/aromatic N) is 2. The molecule has 0 bridgehead atoms. The van der Waals surface area contributed by atoms with Crippen molar-refractivity contribution in [3.05, 3.63) is 59.4 Å². The number of carbonyl (C=O) groups excluding carboxylic acids is 2. The summed E-state index contributed by atoms with van der Waals surface area (Å²) in [5, 5.41) is 3.10. The Bertz CT molecular complexity index is 831. The lowest BCUT2D eigenvalue weighted by molar-refractivity contribution is -0.143. The Morgan fingerprint density at radius 1 is 1.14 bits per heavy atom. The number of rotatable bonds is 7. The smallest absolute Gasteiger partial charge is 0.318 e. The van der Waals surface area contributed by atoms with Gasteiger partial charge >= 0.3 is 12.0 Å². The molecule has 0 aliphatic carbocycles. The molecular formula is C23H31N3O3. The van der Waals surface area contributed by atoms with E-state index in [4.69, 9.17) is 4.74 Å². The molecule has 2 atom stereocenters. The SMILES string of the molecule is CCCC1c2ccc(C)n2CCN1C(=O)NC(CC(=O)OCC)c1ccccc1. The highest BCUT2D eigenvalue weighted by Crippen LogP contribution is 2.32. The minimum atomic E-state index is -0.416. The minimum Gasteiger partial charge on any atom is -0.466 e. The molecule has 0 saturated heterocycles. The van der Waals surface area contributed by atoms with E-state index in [2.05, 4.69) is 35.9 Å². The highest BCUT2D eigenvalue weighted by molar-refractivity contribution is 5.77.